The average molecular weight is 333 g/mol. The van der Waals surface area contributed by atoms with Gasteiger partial charge in [0.1, 0.15) is 5.82 Å². The van der Waals surface area contributed by atoms with Gasteiger partial charge in [-0.1, -0.05) is 29.8 Å². The van der Waals surface area contributed by atoms with E-state index in [4.69, 9.17) is 0 Å². The third-order valence-electron chi connectivity index (χ3n) is 3.96. The van der Waals surface area contributed by atoms with E-state index in [1.807, 2.05) is 0 Å². The lowest BCUT2D eigenvalue weighted by atomic mass is 9.70. The highest BCUT2D eigenvalue weighted by Crippen LogP contribution is 2.44. The molecule has 1 heterocycles. The standard InChI is InChI=1S/C14H18BrFOS/c1-13(2)5-6-18-9-14(13,17)8-10-7-11(16)3-4-12(10)15/h3-4,7,17H,5-6,8-9H2,1-2H3. The Morgan fingerprint density at radius 2 is 2.17 bits per heavy atom. The van der Waals surface area contributed by atoms with Crippen molar-refractivity contribution in [1.82, 2.24) is 0 Å². The van der Waals surface area contributed by atoms with E-state index in [1.165, 1.54) is 12.1 Å². The zero-order valence-corrected chi connectivity index (χ0v) is 13.1. The quantitative estimate of drug-likeness (QED) is 0.882. The SMILES string of the molecule is CC1(C)CCSCC1(O)Cc1cc(F)ccc1Br. The van der Waals surface area contributed by atoms with E-state index in [9.17, 15) is 9.50 Å². The maximum Gasteiger partial charge on any atom is 0.123 e. The second kappa shape index (κ2) is 5.14. The second-order valence-corrected chi connectivity index (χ2v) is 7.59. The molecule has 100 valence electrons. The minimum atomic E-state index is -0.772. The molecule has 18 heavy (non-hydrogen) atoms. The molecule has 1 saturated heterocycles. The summed E-state index contributed by atoms with van der Waals surface area (Å²) in [5.74, 6) is 1.54. The van der Waals surface area contributed by atoms with Gasteiger partial charge in [-0.25, -0.2) is 4.39 Å². The molecule has 4 heteroatoms. The summed E-state index contributed by atoms with van der Waals surface area (Å²) >= 11 is 5.21. The zero-order chi connectivity index (χ0) is 13.4. The van der Waals surface area contributed by atoms with Crippen molar-refractivity contribution >= 4 is 27.7 Å². The summed E-state index contributed by atoms with van der Waals surface area (Å²) in [6.45, 7) is 4.19. The topological polar surface area (TPSA) is 20.2 Å². The van der Waals surface area contributed by atoms with Crippen LogP contribution in [-0.2, 0) is 6.42 Å². The Kier molecular flexibility index (Phi) is 4.10. The predicted molar refractivity (Wildman–Crippen MR) is 78.5 cm³/mol. The fourth-order valence-corrected chi connectivity index (χ4v) is 4.30. The normalized spacial score (nSPS) is 27.2. The molecule has 1 fully saturated rings. The van der Waals surface area contributed by atoms with Gasteiger partial charge >= 0.3 is 0 Å². The molecular formula is C14H18BrFOS. The summed E-state index contributed by atoms with van der Waals surface area (Å²) in [7, 11) is 0. The van der Waals surface area contributed by atoms with Crippen LogP contribution >= 0.6 is 27.7 Å². The minimum absolute atomic E-state index is 0.135. The van der Waals surface area contributed by atoms with Crippen LogP contribution in [0.1, 0.15) is 25.8 Å². The Morgan fingerprint density at radius 3 is 2.83 bits per heavy atom. The lowest BCUT2D eigenvalue weighted by Gasteiger charge is -2.46. The largest absolute Gasteiger partial charge is 0.388 e. The number of hydrogen-bond donors (Lipinski definition) is 1. The Balaban J connectivity index is 2.28. The van der Waals surface area contributed by atoms with Gasteiger partial charge in [-0.15, -0.1) is 0 Å². The van der Waals surface area contributed by atoms with Crippen LogP contribution in [0, 0.1) is 11.2 Å². The van der Waals surface area contributed by atoms with Crippen molar-refractivity contribution in [2.24, 2.45) is 5.41 Å². The highest BCUT2D eigenvalue weighted by molar-refractivity contribution is 9.10. The fourth-order valence-electron chi connectivity index (χ4n) is 2.28. The summed E-state index contributed by atoms with van der Waals surface area (Å²) in [6, 6.07) is 4.65. The van der Waals surface area contributed by atoms with Crippen LogP contribution in [0.3, 0.4) is 0 Å². The summed E-state index contributed by atoms with van der Waals surface area (Å²) in [5.41, 5.74) is -0.0657. The van der Waals surface area contributed by atoms with Crippen LogP contribution in [0.4, 0.5) is 4.39 Å². The number of benzene rings is 1. The zero-order valence-electron chi connectivity index (χ0n) is 10.7. The number of hydrogen-bond acceptors (Lipinski definition) is 2. The van der Waals surface area contributed by atoms with Gasteiger partial charge in [0.15, 0.2) is 0 Å². The van der Waals surface area contributed by atoms with Crippen LogP contribution in [0.5, 0.6) is 0 Å². The number of halogens is 2. The summed E-state index contributed by atoms with van der Waals surface area (Å²) in [5, 5.41) is 10.9. The van der Waals surface area contributed by atoms with Gasteiger partial charge in [0.05, 0.1) is 5.60 Å². The third kappa shape index (κ3) is 2.75. The Morgan fingerprint density at radius 1 is 1.44 bits per heavy atom. The first-order valence-electron chi connectivity index (χ1n) is 6.08. The van der Waals surface area contributed by atoms with E-state index >= 15 is 0 Å². The molecule has 0 aromatic heterocycles. The maximum absolute atomic E-state index is 13.3. The van der Waals surface area contributed by atoms with E-state index in [0.717, 1.165) is 22.2 Å². The molecule has 0 saturated carbocycles. The summed E-state index contributed by atoms with van der Waals surface area (Å²) in [4.78, 5) is 0. The highest BCUT2D eigenvalue weighted by Gasteiger charge is 2.45. The highest BCUT2D eigenvalue weighted by atomic mass is 79.9. The third-order valence-corrected chi connectivity index (χ3v) is 5.91. The van der Waals surface area contributed by atoms with Crippen LogP contribution in [-0.4, -0.2) is 22.2 Å². The summed E-state index contributed by atoms with van der Waals surface area (Å²) < 4.78 is 14.2. The van der Waals surface area contributed by atoms with Crippen LogP contribution in [0.2, 0.25) is 0 Å². The molecule has 1 aliphatic heterocycles. The Bertz CT molecular complexity index is 449. The van der Waals surface area contributed by atoms with E-state index in [2.05, 4.69) is 29.8 Å². The molecular weight excluding hydrogens is 315 g/mol. The minimum Gasteiger partial charge on any atom is -0.388 e. The van der Waals surface area contributed by atoms with Gasteiger partial charge in [-0.3, -0.25) is 0 Å². The first-order chi connectivity index (χ1) is 8.34. The smallest absolute Gasteiger partial charge is 0.123 e. The lowest BCUT2D eigenvalue weighted by Crippen LogP contribution is -2.51. The van der Waals surface area contributed by atoms with Crippen molar-refractivity contribution in [3.05, 3.63) is 34.1 Å². The molecule has 2 rings (SSSR count). The predicted octanol–water partition coefficient (Wildman–Crippen LogP) is 4.02. The van der Waals surface area contributed by atoms with Gasteiger partial charge in [-0.05, 0) is 41.4 Å². The molecule has 1 N–H and O–H groups in total. The van der Waals surface area contributed by atoms with Gasteiger partial charge in [-0.2, -0.15) is 11.8 Å². The van der Waals surface area contributed by atoms with E-state index in [0.29, 0.717) is 12.2 Å². The van der Waals surface area contributed by atoms with Crippen molar-refractivity contribution in [3.63, 3.8) is 0 Å². The van der Waals surface area contributed by atoms with Gasteiger partial charge in [0.2, 0.25) is 0 Å². The monoisotopic (exact) mass is 332 g/mol. The molecule has 0 spiro atoms. The van der Waals surface area contributed by atoms with Crippen LogP contribution in [0.15, 0.2) is 22.7 Å². The van der Waals surface area contributed by atoms with Crippen LogP contribution in [0.25, 0.3) is 0 Å². The van der Waals surface area contributed by atoms with Crippen LogP contribution < -0.4 is 0 Å². The molecule has 0 bridgehead atoms. The van der Waals surface area contributed by atoms with E-state index in [-0.39, 0.29) is 11.2 Å². The lowest BCUT2D eigenvalue weighted by molar-refractivity contribution is -0.0514. The molecule has 0 radical (unpaired) electrons. The summed E-state index contributed by atoms with van der Waals surface area (Å²) in [6.07, 6.45) is 1.48. The van der Waals surface area contributed by atoms with Crippen molar-refractivity contribution in [1.29, 1.82) is 0 Å². The first kappa shape index (κ1) is 14.4. The molecule has 1 nitrogen and oxygen atoms in total. The Hall–Kier alpha value is -0.0600. The molecule has 1 atom stereocenters. The number of rotatable bonds is 2. The maximum atomic E-state index is 13.3. The number of thioether (sulfide) groups is 1. The molecule has 1 aromatic carbocycles. The van der Waals surface area contributed by atoms with Gasteiger partial charge in [0, 0.05) is 16.6 Å². The van der Waals surface area contributed by atoms with E-state index in [1.54, 1.807) is 17.8 Å². The molecule has 1 aliphatic rings. The molecule has 1 unspecified atom stereocenters. The van der Waals surface area contributed by atoms with E-state index < -0.39 is 5.60 Å². The molecule has 0 amide bonds. The first-order valence-corrected chi connectivity index (χ1v) is 8.03. The fraction of sp³-hybridized carbons (Fsp3) is 0.571. The van der Waals surface area contributed by atoms with Crippen molar-refractivity contribution in [2.75, 3.05) is 11.5 Å². The van der Waals surface area contributed by atoms with Crippen molar-refractivity contribution in [3.8, 4) is 0 Å². The van der Waals surface area contributed by atoms with Gasteiger partial charge < -0.3 is 5.11 Å². The van der Waals surface area contributed by atoms with Crippen molar-refractivity contribution < 1.29 is 9.50 Å². The molecule has 1 aromatic rings. The molecule has 0 aliphatic carbocycles. The average Bonchev–Trinajstić information content (AvgIpc) is 2.28. The number of aliphatic hydroxyl groups is 1. The van der Waals surface area contributed by atoms with Crippen molar-refractivity contribution in [2.45, 2.75) is 32.3 Å². The Labute approximate surface area is 120 Å². The second-order valence-electron chi connectivity index (χ2n) is 5.63. The van der Waals surface area contributed by atoms with Gasteiger partial charge in [0.25, 0.3) is 0 Å².